The lowest BCUT2D eigenvalue weighted by Crippen LogP contribution is -2.21. The van der Waals surface area contributed by atoms with Crippen LogP contribution in [-0.4, -0.2) is 56.8 Å². The van der Waals surface area contributed by atoms with Gasteiger partial charge < -0.3 is 24.1 Å². The highest BCUT2D eigenvalue weighted by Gasteiger charge is 2.19. The molecule has 1 aliphatic rings. The van der Waals surface area contributed by atoms with E-state index in [-0.39, 0.29) is 5.91 Å². The Kier molecular flexibility index (Phi) is 6.80. The summed E-state index contributed by atoms with van der Waals surface area (Å²) in [4.78, 5) is 18.4. The number of hydrogen-bond acceptors (Lipinski definition) is 7. The van der Waals surface area contributed by atoms with E-state index in [1.54, 1.807) is 39.5 Å². The molecule has 2 aromatic heterocycles. The molecular formula is C29H28N4O4. The first-order chi connectivity index (χ1) is 18.0. The van der Waals surface area contributed by atoms with Gasteiger partial charge in [-0.3, -0.25) is 9.78 Å². The molecule has 1 N–H and O–H groups in total. The number of nitriles is 1. The van der Waals surface area contributed by atoms with E-state index >= 15 is 0 Å². The summed E-state index contributed by atoms with van der Waals surface area (Å²) < 4.78 is 17.3. The number of hydrogen-bond donors (Lipinski definition) is 1. The minimum Gasteiger partial charge on any atom is -0.496 e. The van der Waals surface area contributed by atoms with Crippen molar-refractivity contribution in [2.24, 2.45) is 5.92 Å². The molecule has 0 aliphatic carbocycles. The maximum atomic E-state index is 12.4. The Hall–Kier alpha value is -4.35. The predicted octanol–water partition coefficient (Wildman–Crippen LogP) is 5.19. The van der Waals surface area contributed by atoms with E-state index in [9.17, 15) is 10.1 Å². The molecule has 1 aliphatic heterocycles. The predicted molar refractivity (Wildman–Crippen MR) is 142 cm³/mol. The zero-order valence-electron chi connectivity index (χ0n) is 21.1. The van der Waals surface area contributed by atoms with Crippen molar-refractivity contribution in [3.8, 4) is 34.3 Å². The summed E-state index contributed by atoms with van der Waals surface area (Å²) >= 11 is 0. The number of furan rings is 1. The molecule has 1 atom stereocenters. The van der Waals surface area contributed by atoms with Crippen LogP contribution in [0.3, 0.4) is 0 Å². The third-order valence-electron chi connectivity index (χ3n) is 6.59. The molecule has 37 heavy (non-hydrogen) atoms. The highest BCUT2D eigenvalue weighted by atomic mass is 16.5. The summed E-state index contributed by atoms with van der Waals surface area (Å²) in [5.74, 6) is 1.46. The van der Waals surface area contributed by atoms with Crippen molar-refractivity contribution in [1.29, 1.82) is 5.26 Å². The summed E-state index contributed by atoms with van der Waals surface area (Å²) in [5, 5.41) is 13.2. The number of nitrogens with zero attached hydrogens (tertiary/aromatic N) is 3. The van der Waals surface area contributed by atoms with Crippen LogP contribution >= 0.6 is 0 Å². The fourth-order valence-corrected chi connectivity index (χ4v) is 4.54. The van der Waals surface area contributed by atoms with Gasteiger partial charge in [0.2, 0.25) is 0 Å². The molecule has 0 saturated carbocycles. The molecule has 8 nitrogen and oxygen atoms in total. The minimum absolute atomic E-state index is 0.110. The van der Waals surface area contributed by atoms with Gasteiger partial charge in [-0.2, -0.15) is 5.26 Å². The number of fused-ring (bicyclic) bond motifs is 1. The first-order valence-corrected chi connectivity index (χ1v) is 12.1. The number of rotatable bonds is 7. The summed E-state index contributed by atoms with van der Waals surface area (Å²) in [6, 6.07) is 17.1. The zero-order chi connectivity index (χ0) is 25.9. The number of methoxy groups -OCH3 is 1. The molecule has 0 spiro atoms. The first kappa shape index (κ1) is 24.3. The van der Waals surface area contributed by atoms with Gasteiger partial charge in [-0.25, -0.2) is 0 Å². The highest BCUT2D eigenvalue weighted by molar-refractivity contribution is 5.96. The van der Waals surface area contributed by atoms with Gasteiger partial charge in [-0.15, -0.1) is 0 Å². The molecule has 2 aromatic carbocycles. The lowest BCUT2D eigenvalue weighted by molar-refractivity contribution is 0.0827. The normalized spacial score (nSPS) is 14.9. The van der Waals surface area contributed by atoms with Gasteiger partial charge in [0.15, 0.2) is 5.58 Å². The van der Waals surface area contributed by atoms with Crippen LogP contribution in [0.2, 0.25) is 0 Å². The van der Waals surface area contributed by atoms with Crippen molar-refractivity contribution in [3.05, 3.63) is 65.9 Å². The molecule has 0 radical (unpaired) electrons. The third-order valence-corrected chi connectivity index (χ3v) is 6.59. The van der Waals surface area contributed by atoms with Gasteiger partial charge in [0.05, 0.1) is 30.5 Å². The number of pyridine rings is 1. The fourth-order valence-electron chi connectivity index (χ4n) is 4.54. The fraction of sp³-hybridized carbons (Fsp3) is 0.276. The van der Waals surface area contributed by atoms with Crippen molar-refractivity contribution < 1.29 is 18.7 Å². The van der Waals surface area contributed by atoms with Crippen LogP contribution in [0.25, 0.3) is 33.6 Å². The Labute approximate surface area is 215 Å². The maximum Gasteiger partial charge on any atom is 0.253 e. The van der Waals surface area contributed by atoms with Crippen LogP contribution in [0.15, 0.2) is 59.1 Å². The van der Waals surface area contributed by atoms with Crippen molar-refractivity contribution in [1.82, 2.24) is 9.88 Å². The maximum absolute atomic E-state index is 12.4. The number of carbonyl (C=O) groups is 1. The smallest absolute Gasteiger partial charge is 0.253 e. The number of anilines is 1. The van der Waals surface area contributed by atoms with Crippen LogP contribution in [0.1, 0.15) is 22.3 Å². The number of benzene rings is 2. The number of nitrogens with one attached hydrogen (secondary N) is 1. The van der Waals surface area contributed by atoms with Gasteiger partial charge in [-0.05, 0) is 48.4 Å². The highest BCUT2D eigenvalue weighted by Crippen LogP contribution is 2.38. The molecule has 4 aromatic rings. The molecule has 1 fully saturated rings. The van der Waals surface area contributed by atoms with Gasteiger partial charge in [0.1, 0.15) is 23.1 Å². The van der Waals surface area contributed by atoms with Crippen LogP contribution in [0.5, 0.6) is 5.75 Å². The Morgan fingerprint density at radius 2 is 2.05 bits per heavy atom. The second kappa shape index (κ2) is 10.3. The first-order valence-electron chi connectivity index (χ1n) is 12.1. The molecule has 3 heterocycles. The number of aromatic nitrogens is 1. The van der Waals surface area contributed by atoms with E-state index in [2.05, 4.69) is 16.4 Å². The van der Waals surface area contributed by atoms with E-state index < -0.39 is 0 Å². The number of amides is 1. The quantitative estimate of drug-likeness (QED) is 0.376. The van der Waals surface area contributed by atoms with E-state index in [1.807, 2.05) is 36.4 Å². The molecule has 1 saturated heterocycles. The van der Waals surface area contributed by atoms with Crippen molar-refractivity contribution in [3.63, 3.8) is 0 Å². The Balaban J connectivity index is 1.49. The molecule has 1 amide bonds. The zero-order valence-corrected chi connectivity index (χ0v) is 21.1. The molecule has 188 valence electrons. The third kappa shape index (κ3) is 4.86. The van der Waals surface area contributed by atoms with E-state index in [4.69, 9.17) is 13.9 Å². The van der Waals surface area contributed by atoms with Crippen LogP contribution in [0.4, 0.5) is 5.69 Å². The van der Waals surface area contributed by atoms with E-state index in [0.717, 1.165) is 48.6 Å². The number of ether oxygens (including phenoxy) is 2. The number of carbonyl (C=O) groups excluding carboxylic acids is 1. The van der Waals surface area contributed by atoms with Crippen LogP contribution in [0, 0.1) is 17.2 Å². The van der Waals surface area contributed by atoms with Gasteiger partial charge >= 0.3 is 0 Å². The summed E-state index contributed by atoms with van der Waals surface area (Å²) in [5.41, 5.74) is 5.61. The largest absolute Gasteiger partial charge is 0.496 e. The van der Waals surface area contributed by atoms with Crippen LogP contribution in [-0.2, 0) is 4.74 Å². The van der Waals surface area contributed by atoms with Crippen molar-refractivity contribution in [2.45, 2.75) is 6.42 Å². The summed E-state index contributed by atoms with van der Waals surface area (Å²) in [6.45, 7) is 2.32. The Morgan fingerprint density at radius 1 is 1.19 bits per heavy atom. The Morgan fingerprint density at radius 3 is 2.78 bits per heavy atom. The molecule has 1 unspecified atom stereocenters. The molecular weight excluding hydrogens is 468 g/mol. The SMILES string of the molecule is COc1cc(C(=O)N(C)C)ccc1-c1cc2nccc(-c3ccc(NCC4CCOC4)c(C#N)c3)c2o1. The standard InChI is InChI=1S/C29H28N4O4/c1-33(2)29(34)20-4-6-23(26(13-20)35-3)27-14-25-28(37-27)22(8-10-31-25)19-5-7-24(21(12-19)15-30)32-16-18-9-11-36-17-18/h4-8,10,12-14,18,32H,9,11,16-17H2,1-3H3. The van der Waals surface area contributed by atoms with E-state index in [1.165, 1.54) is 4.90 Å². The lowest BCUT2D eigenvalue weighted by Gasteiger charge is -2.13. The average molecular weight is 497 g/mol. The minimum atomic E-state index is -0.110. The average Bonchev–Trinajstić information content (AvgIpc) is 3.61. The van der Waals surface area contributed by atoms with Crippen molar-refractivity contribution in [2.75, 3.05) is 46.3 Å². The van der Waals surface area contributed by atoms with Gasteiger partial charge in [0.25, 0.3) is 5.91 Å². The van der Waals surface area contributed by atoms with E-state index in [0.29, 0.717) is 39.7 Å². The monoisotopic (exact) mass is 496 g/mol. The van der Waals surface area contributed by atoms with Crippen molar-refractivity contribution >= 4 is 22.7 Å². The molecule has 5 rings (SSSR count). The topological polar surface area (TPSA) is 101 Å². The summed E-state index contributed by atoms with van der Waals surface area (Å²) in [6.07, 6.45) is 2.76. The molecule has 0 bridgehead atoms. The second-order valence-electron chi connectivity index (χ2n) is 9.28. The molecule has 8 heteroatoms. The van der Waals surface area contributed by atoms with Gasteiger partial charge in [-0.1, -0.05) is 6.07 Å². The second-order valence-corrected chi connectivity index (χ2v) is 9.28. The Bertz CT molecular complexity index is 1500. The summed E-state index contributed by atoms with van der Waals surface area (Å²) in [7, 11) is 4.98. The lowest BCUT2D eigenvalue weighted by atomic mass is 10.0. The van der Waals surface area contributed by atoms with Crippen LogP contribution < -0.4 is 10.1 Å². The van der Waals surface area contributed by atoms with Gasteiger partial charge in [0, 0.05) is 56.6 Å².